The van der Waals surface area contributed by atoms with Crippen LogP contribution in [0.3, 0.4) is 0 Å². The number of halogens is 1. The van der Waals surface area contributed by atoms with Crippen molar-refractivity contribution in [2.45, 2.75) is 13.0 Å². The van der Waals surface area contributed by atoms with Gasteiger partial charge in [-0.15, -0.1) is 0 Å². The summed E-state index contributed by atoms with van der Waals surface area (Å²) >= 11 is 5.95. The number of rotatable bonds is 5. The van der Waals surface area contributed by atoms with Crippen molar-refractivity contribution >= 4 is 34.9 Å². The number of hydrogen-bond acceptors (Lipinski definition) is 7. The number of aliphatic hydroxyl groups excluding tert-OH is 1. The summed E-state index contributed by atoms with van der Waals surface area (Å²) in [6.07, 6.45) is 0. The van der Waals surface area contributed by atoms with Crippen LogP contribution in [0.2, 0.25) is 5.02 Å². The number of carbonyl (C=O) groups excluding carboxylic acids is 2. The van der Waals surface area contributed by atoms with Gasteiger partial charge < -0.3 is 19.1 Å². The Morgan fingerprint density at radius 1 is 1.09 bits per heavy atom. The Balaban J connectivity index is 2.00. The van der Waals surface area contributed by atoms with Crippen LogP contribution >= 0.6 is 11.6 Å². The molecule has 1 aromatic heterocycles. The van der Waals surface area contributed by atoms with E-state index < -0.39 is 17.7 Å². The molecule has 32 heavy (non-hydrogen) atoms. The number of Topliss-reactive ketones (excluding diaryl/α,β-unsaturated/α-hetero) is 1. The highest BCUT2D eigenvalue weighted by Gasteiger charge is 2.49. The summed E-state index contributed by atoms with van der Waals surface area (Å²) in [5, 5.41) is 15.5. The molecule has 2 heterocycles. The lowest BCUT2D eigenvalue weighted by atomic mass is 9.94. The zero-order valence-corrected chi connectivity index (χ0v) is 18.2. The van der Waals surface area contributed by atoms with Crippen molar-refractivity contribution in [1.29, 1.82) is 0 Å². The molecule has 0 spiro atoms. The van der Waals surface area contributed by atoms with Crippen LogP contribution in [0.5, 0.6) is 11.5 Å². The van der Waals surface area contributed by atoms with E-state index in [1.54, 1.807) is 49.4 Å². The summed E-state index contributed by atoms with van der Waals surface area (Å²) in [5.74, 6) is -0.612. The van der Waals surface area contributed by atoms with Crippen LogP contribution in [0, 0.1) is 6.92 Å². The third-order valence-corrected chi connectivity index (χ3v) is 5.41. The van der Waals surface area contributed by atoms with E-state index >= 15 is 0 Å². The van der Waals surface area contributed by atoms with Gasteiger partial charge >= 0.3 is 5.91 Å². The minimum atomic E-state index is -1.04. The van der Waals surface area contributed by atoms with Gasteiger partial charge in [0, 0.05) is 22.2 Å². The fourth-order valence-corrected chi connectivity index (χ4v) is 3.77. The number of benzene rings is 2. The van der Waals surface area contributed by atoms with Crippen LogP contribution in [-0.2, 0) is 9.59 Å². The van der Waals surface area contributed by atoms with E-state index in [9.17, 15) is 14.7 Å². The lowest BCUT2D eigenvalue weighted by Gasteiger charge is -2.24. The summed E-state index contributed by atoms with van der Waals surface area (Å²) in [5.41, 5.74) is 0.641. The van der Waals surface area contributed by atoms with Crippen LogP contribution < -0.4 is 14.4 Å². The molecule has 9 heteroatoms. The Labute approximate surface area is 188 Å². The first-order valence-corrected chi connectivity index (χ1v) is 9.95. The predicted molar refractivity (Wildman–Crippen MR) is 117 cm³/mol. The molecule has 1 amide bonds. The summed E-state index contributed by atoms with van der Waals surface area (Å²) in [7, 11) is 2.97. The van der Waals surface area contributed by atoms with Gasteiger partial charge in [0.1, 0.15) is 29.1 Å². The van der Waals surface area contributed by atoms with Gasteiger partial charge in [0.05, 0.1) is 19.8 Å². The van der Waals surface area contributed by atoms with Gasteiger partial charge in [-0.05, 0) is 49.4 Å². The molecule has 1 fully saturated rings. The number of aryl methyl sites for hydroxylation is 1. The normalized spacial score (nSPS) is 17.6. The van der Waals surface area contributed by atoms with E-state index in [4.69, 9.17) is 25.6 Å². The van der Waals surface area contributed by atoms with Crippen molar-refractivity contribution in [2.24, 2.45) is 0 Å². The summed E-state index contributed by atoms with van der Waals surface area (Å²) in [6.45, 7) is 1.67. The summed E-state index contributed by atoms with van der Waals surface area (Å²) < 4.78 is 16.0. The number of methoxy groups -OCH3 is 2. The minimum absolute atomic E-state index is 0.121. The number of aromatic nitrogens is 1. The maximum atomic E-state index is 13.1. The number of amides is 1. The molecule has 4 rings (SSSR count). The second-order valence-electron chi connectivity index (χ2n) is 7.08. The van der Waals surface area contributed by atoms with Gasteiger partial charge in [0.2, 0.25) is 0 Å². The predicted octanol–water partition coefficient (Wildman–Crippen LogP) is 4.28. The second kappa shape index (κ2) is 8.39. The Bertz CT molecular complexity index is 1230. The van der Waals surface area contributed by atoms with Crippen LogP contribution in [0.15, 0.2) is 58.6 Å². The SMILES string of the molecule is COc1ccc(OC)c(C2C(=C(O)c3ccc(Cl)cc3)C(=O)C(=O)N2c2cc(C)on2)c1. The van der Waals surface area contributed by atoms with Crippen molar-refractivity contribution in [2.75, 3.05) is 19.1 Å². The third-order valence-electron chi connectivity index (χ3n) is 5.16. The first-order valence-electron chi connectivity index (χ1n) is 9.58. The van der Waals surface area contributed by atoms with Crippen LogP contribution in [0.1, 0.15) is 22.9 Å². The van der Waals surface area contributed by atoms with Crippen LogP contribution in [-0.4, -0.2) is 36.2 Å². The smallest absolute Gasteiger partial charge is 0.301 e. The van der Waals surface area contributed by atoms with E-state index in [2.05, 4.69) is 5.16 Å². The largest absolute Gasteiger partial charge is 0.507 e. The molecule has 0 aliphatic carbocycles. The zero-order valence-electron chi connectivity index (χ0n) is 17.5. The van der Waals surface area contributed by atoms with Crippen molar-refractivity contribution in [1.82, 2.24) is 5.16 Å². The summed E-state index contributed by atoms with van der Waals surface area (Å²) in [6, 6.07) is 11.8. The number of anilines is 1. The molecule has 0 bridgehead atoms. The van der Waals surface area contributed by atoms with Crippen molar-refractivity contribution in [3.63, 3.8) is 0 Å². The molecule has 1 atom stereocenters. The number of ketones is 1. The van der Waals surface area contributed by atoms with E-state index in [0.717, 1.165) is 0 Å². The molecule has 0 radical (unpaired) electrons. The van der Waals surface area contributed by atoms with Crippen molar-refractivity contribution in [3.8, 4) is 11.5 Å². The second-order valence-corrected chi connectivity index (χ2v) is 7.52. The zero-order chi connectivity index (χ0) is 23.0. The Hall–Kier alpha value is -3.78. The molecular weight excluding hydrogens is 436 g/mol. The van der Waals surface area contributed by atoms with Crippen LogP contribution in [0.4, 0.5) is 5.82 Å². The van der Waals surface area contributed by atoms with Gasteiger partial charge in [-0.1, -0.05) is 16.8 Å². The average molecular weight is 455 g/mol. The minimum Gasteiger partial charge on any atom is -0.507 e. The first kappa shape index (κ1) is 21.5. The molecular formula is C23H19ClN2O6. The highest BCUT2D eigenvalue weighted by Crippen LogP contribution is 2.45. The number of carbonyl (C=O) groups is 2. The topological polar surface area (TPSA) is 102 Å². The maximum absolute atomic E-state index is 13.1. The Kier molecular flexibility index (Phi) is 5.63. The highest BCUT2D eigenvalue weighted by atomic mass is 35.5. The molecule has 8 nitrogen and oxygen atoms in total. The molecule has 164 valence electrons. The van der Waals surface area contributed by atoms with Crippen LogP contribution in [0.25, 0.3) is 5.76 Å². The number of aliphatic hydroxyl groups is 1. The number of nitrogens with zero attached hydrogens (tertiary/aromatic N) is 2. The highest BCUT2D eigenvalue weighted by molar-refractivity contribution is 6.51. The Morgan fingerprint density at radius 2 is 1.81 bits per heavy atom. The molecule has 0 saturated carbocycles. The van der Waals surface area contributed by atoms with Crippen molar-refractivity contribution in [3.05, 3.63) is 76.0 Å². The average Bonchev–Trinajstić information content (AvgIpc) is 3.33. The fraction of sp³-hybridized carbons (Fsp3) is 0.174. The molecule has 1 saturated heterocycles. The lowest BCUT2D eigenvalue weighted by molar-refractivity contribution is -0.132. The molecule has 1 unspecified atom stereocenters. The van der Waals surface area contributed by atoms with E-state index in [-0.39, 0.29) is 17.2 Å². The van der Waals surface area contributed by atoms with Gasteiger partial charge in [-0.3, -0.25) is 14.5 Å². The number of hydrogen-bond donors (Lipinski definition) is 1. The molecule has 2 aromatic carbocycles. The standard InChI is InChI=1S/C23H19ClN2O6/c1-12-10-18(25-32-12)26-20(16-11-15(30-2)8-9-17(16)31-3)19(22(28)23(26)29)21(27)13-4-6-14(24)7-5-13/h4-11,20,27H,1-3H3. The molecule has 3 aromatic rings. The van der Waals surface area contributed by atoms with Gasteiger partial charge in [0.25, 0.3) is 5.78 Å². The van der Waals surface area contributed by atoms with E-state index in [1.165, 1.54) is 25.2 Å². The molecule has 1 aliphatic rings. The first-order chi connectivity index (χ1) is 15.3. The third kappa shape index (κ3) is 3.58. The Morgan fingerprint density at radius 3 is 2.41 bits per heavy atom. The lowest BCUT2D eigenvalue weighted by Crippen LogP contribution is -2.30. The number of ether oxygens (including phenoxy) is 2. The van der Waals surface area contributed by atoms with E-state index in [0.29, 0.717) is 33.4 Å². The molecule has 1 aliphatic heterocycles. The van der Waals surface area contributed by atoms with Crippen molar-refractivity contribution < 1.29 is 28.7 Å². The summed E-state index contributed by atoms with van der Waals surface area (Å²) in [4.78, 5) is 27.4. The monoisotopic (exact) mass is 454 g/mol. The maximum Gasteiger partial charge on any atom is 0.301 e. The molecule has 1 N–H and O–H groups in total. The van der Waals surface area contributed by atoms with Gasteiger partial charge in [0.15, 0.2) is 5.82 Å². The quantitative estimate of drug-likeness (QED) is 0.348. The van der Waals surface area contributed by atoms with Gasteiger partial charge in [-0.25, -0.2) is 0 Å². The van der Waals surface area contributed by atoms with E-state index in [1.807, 2.05) is 0 Å². The fourth-order valence-electron chi connectivity index (χ4n) is 3.65. The van der Waals surface area contributed by atoms with Gasteiger partial charge in [-0.2, -0.15) is 0 Å².